The zero-order valence-electron chi connectivity index (χ0n) is 21.0. The Labute approximate surface area is 245 Å². The van der Waals surface area contributed by atoms with Crippen molar-refractivity contribution < 1.29 is 29.0 Å². The first kappa shape index (κ1) is 27.1. The zero-order valence-corrected chi connectivity index (χ0v) is 23.3. The Kier molecular flexibility index (Phi) is 7.06. The number of aromatic nitrogens is 1. The minimum absolute atomic E-state index is 0.238. The molecule has 3 amide bonds. The number of likely N-dealkylation sites (tertiary alicyclic amines) is 1. The molecule has 0 bridgehead atoms. The lowest BCUT2D eigenvalue weighted by Gasteiger charge is -2.31. The molecule has 3 N–H and O–H groups in total. The maximum atomic E-state index is 13.5. The number of ether oxygens (including phenoxy) is 1. The van der Waals surface area contributed by atoms with E-state index in [1.807, 2.05) is 36.4 Å². The summed E-state index contributed by atoms with van der Waals surface area (Å²) in [6.07, 6.45) is 0. The summed E-state index contributed by atoms with van der Waals surface area (Å²) < 4.78 is 5.93. The smallest absolute Gasteiger partial charge is 0.323 e. The summed E-state index contributed by atoms with van der Waals surface area (Å²) in [5.74, 6) is -4.65. The number of nitrogens with one attached hydrogen (secondary N) is 2. The summed E-state index contributed by atoms with van der Waals surface area (Å²) in [6, 6.07) is 18.0. The van der Waals surface area contributed by atoms with Gasteiger partial charge in [-0.2, -0.15) is 0 Å². The Bertz CT molecular complexity index is 1800. The molecule has 41 heavy (non-hydrogen) atoms. The van der Waals surface area contributed by atoms with E-state index >= 15 is 0 Å². The van der Waals surface area contributed by atoms with Gasteiger partial charge in [-0.05, 0) is 41.1 Å². The Balaban J connectivity index is 1.31. The molecule has 2 aliphatic heterocycles. The Morgan fingerprint density at radius 2 is 1.80 bits per heavy atom. The number of H-pyrrole nitrogens is 1. The predicted octanol–water partition coefficient (Wildman–Crippen LogP) is 3.94. The highest BCUT2D eigenvalue weighted by atomic mass is 35.5. The summed E-state index contributed by atoms with van der Waals surface area (Å²) in [6.45, 7) is -1.14. The normalized spacial score (nSPS) is 19.6. The molecule has 1 saturated heterocycles. The summed E-state index contributed by atoms with van der Waals surface area (Å²) >= 11 is 8.27. The highest BCUT2D eigenvalue weighted by Crippen LogP contribution is 2.54. The first-order valence-corrected chi connectivity index (χ1v) is 14.4. The van der Waals surface area contributed by atoms with Crippen molar-refractivity contribution in [3.05, 3.63) is 85.8 Å². The zero-order chi connectivity index (χ0) is 28.8. The minimum atomic E-state index is -1.32. The van der Waals surface area contributed by atoms with E-state index in [1.165, 1.54) is 0 Å². The molecular formula is C28H20ClN3O7S2. The molecule has 2 unspecified atom stereocenters. The third-order valence-electron chi connectivity index (χ3n) is 6.91. The van der Waals surface area contributed by atoms with Crippen LogP contribution in [-0.2, 0) is 19.2 Å². The second-order valence-corrected chi connectivity index (χ2v) is 12.1. The number of imide groups is 1. The van der Waals surface area contributed by atoms with Crippen LogP contribution < -0.4 is 14.9 Å². The van der Waals surface area contributed by atoms with Gasteiger partial charge in [-0.25, -0.2) is 0 Å². The fraction of sp³-hybridized carbons (Fsp3) is 0.179. The molecule has 10 nitrogen and oxygen atoms in total. The minimum Gasteiger partial charge on any atom is -0.483 e. The number of carboxylic acids is 1. The summed E-state index contributed by atoms with van der Waals surface area (Å²) in [5.41, 5.74) is 0.997. The van der Waals surface area contributed by atoms with Crippen molar-refractivity contribution in [1.82, 2.24) is 9.88 Å². The van der Waals surface area contributed by atoms with Crippen LogP contribution in [0.4, 0.5) is 5.69 Å². The largest absolute Gasteiger partial charge is 0.483 e. The number of benzene rings is 3. The first-order chi connectivity index (χ1) is 19.7. The lowest BCUT2D eigenvalue weighted by atomic mass is 9.82. The van der Waals surface area contributed by atoms with Crippen LogP contribution >= 0.6 is 34.7 Å². The molecule has 208 valence electrons. The van der Waals surface area contributed by atoms with E-state index in [2.05, 4.69) is 10.3 Å². The van der Waals surface area contributed by atoms with Gasteiger partial charge in [-0.1, -0.05) is 65.0 Å². The second-order valence-electron chi connectivity index (χ2n) is 9.49. The monoisotopic (exact) mass is 609 g/mol. The molecule has 2 aliphatic rings. The van der Waals surface area contributed by atoms with Crippen molar-refractivity contribution >= 4 is 74.9 Å². The van der Waals surface area contributed by atoms with Gasteiger partial charge in [0.25, 0.3) is 5.91 Å². The molecule has 0 aliphatic carbocycles. The molecule has 0 spiro atoms. The van der Waals surface area contributed by atoms with Gasteiger partial charge in [0, 0.05) is 27.1 Å². The van der Waals surface area contributed by atoms with Gasteiger partial charge >= 0.3 is 10.8 Å². The number of hydrogen-bond donors (Lipinski definition) is 3. The second kappa shape index (κ2) is 10.7. The van der Waals surface area contributed by atoms with Crippen molar-refractivity contribution in [2.75, 3.05) is 18.5 Å². The molecule has 1 fully saturated rings. The molecule has 4 aromatic rings. The van der Waals surface area contributed by atoms with Crippen LogP contribution in [-0.4, -0.2) is 57.1 Å². The number of rotatable bonds is 7. The van der Waals surface area contributed by atoms with Crippen LogP contribution in [0.2, 0.25) is 5.02 Å². The SMILES string of the molecule is O=C(O)CN1C(=O)C2Sc3[nH]c(=O)sc3[C@H](c3cc(Cl)ccc3OCC(=O)Nc3ccc4ccccc4c3)C2C1=O. The number of fused-ring (bicyclic) bond motifs is 3. The van der Waals surface area contributed by atoms with Crippen LogP contribution in [0.25, 0.3) is 10.8 Å². The Morgan fingerprint density at radius 1 is 1.02 bits per heavy atom. The number of anilines is 1. The number of aliphatic carboxylic acids is 1. The number of nitrogens with zero attached hydrogens (tertiary/aromatic N) is 1. The van der Waals surface area contributed by atoms with Crippen molar-refractivity contribution in [2.24, 2.45) is 5.92 Å². The van der Waals surface area contributed by atoms with Crippen LogP contribution in [0.5, 0.6) is 5.75 Å². The summed E-state index contributed by atoms with van der Waals surface area (Å²) in [7, 11) is 0. The number of amides is 3. The quantitative estimate of drug-likeness (QED) is 0.267. The molecule has 1 aromatic heterocycles. The molecular weight excluding hydrogens is 590 g/mol. The number of aromatic amines is 1. The van der Waals surface area contributed by atoms with Gasteiger partial charge in [0.2, 0.25) is 11.8 Å². The van der Waals surface area contributed by atoms with E-state index in [-0.39, 0.29) is 17.2 Å². The highest BCUT2D eigenvalue weighted by Gasteiger charge is 2.56. The number of thiazole rings is 1. The fourth-order valence-corrected chi connectivity index (χ4v) is 7.91. The van der Waals surface area contributed by atoms with Crippen LogP contribution in [0, 0.1) is 5.92 Å². The van der Waals surface area contributed by atoms with E-state index in [9.17, 15) is 29.1 Å². The fourth-order valence-electron chi connectivity index (χ4n) is 5.20. The number of thioether (sulfide) groups is 1. The summed E-state index contributed by atoms with van der Waals surface area (Å²) in [4.78, 5) is 66.7. The van der Waals surface area contributed by atoms with Crippen molar-refractivity contribution in [2.45, 2.75) is 16.2 Å². The molecule has 3 heterocycles. The van der Waals surface area contributed by atoms with Crippen molar-refractivity contribution in [1.29, 1.82) is 0 Å². The standard InChI is InChI=1S/C28H20ClN3O7S2/c29-15-6-8-18(39-12-19(33)30-16-7-5-13-3-1-2-4-14(13)9-16)17(10-15)21-22-24(40-25-23(21)41-28(38)31-25)27(37)32(26(22)36)11-20(34)35/h1-10,21-22,24H,11-12H2,(H,30,33)(H,31,38)(H,34,35)/t21-,22?,24?/m1/s1. The average molecular weight is 610 g/mol. The Hall–Kier alpha value is -4.13. The van der Waals surface area contributed by atoms with Gasteiger partial charge in [0.05, 0.1) is 10.9 Å². The maximum absolute atomic E-state index is 13.5. The van der Waals surface area contributed by atoms with E-state index in [0.29, 0.717) is 26.2 Å². The van der Waals surface area contributed by atoms with Crippen LogP contribution in [0.1, 0.15) is 16.4 Å². The number of carboxylic acid groups (broad SMARTS) is 1. The van der Waals surface area contributed by atoms with E-state index in [4.69, 9.17) is 16.3 Å². The molecule has 3 atom stereocenters. The number of carbonyl (C=O) groups is 4. The van der Waals surface area contributed by atoms with E-state index < -0.39 is 47.3 Å². The lowest BCUT2D eigenvalue weighted by molar-refractivity contribution is -0.149. The number of carbonyl (C=O) groups excluding carboxylic acids is 3. The molecule has 0 radical (unpaired) electrons. The molecule has 0 saturated carbocycles. The third kappa shape index (κ3) is 5.09. The third-order valence-corrected chi connectivity index (χ3v) is 9.54. The van der Waals surface area contributed by atoms with Gasteiger partial charge < -0.3 is 20.1 Å². The van der Waals surface area contributed by atoms with Gasteiger partial charge in [-0.15, -0.1) is 0 Å². The van der Waals surface area contributed by atoms with Gasteiger partial charge in [-0.3, -0.25) is 28.9 Å². The maximum Gasteiger partial charge on any atom is 0.323 e. The first-order valence-electron chi connectivity index (χ1n) is 12.4. The van der Waals surface area contributed by atoms with E-state index in [0.717, 1.165) is 38.8 Å². The van der Waals surface area contributed by atoms with E-state index in [1.54, 1.807) is 24.3 Å². The van der Waals surface area contributed by atoms with Gasteiger partial charge in [0.15, 0.2) is 6.61 Å². The van der Waals surface area contributed by atoms with Crippen molar-refractivity contribution in [3.8, 4) is 5.75 Å². The van der Waals surface area contributed by atoms with Gasteiger partial charge in [0.1, 0.15) is 17.5 Å². The van der Waals surface area contributed by atoms with Crippen molar-refractivity contribution in [3.63, 3.8) is 0 Å². The average Bonchev–Trinajstić information content (AvgIpc) is 3.42. The number of halogens is 1. The summed E-state index contributed by atoms with van der Waals surface area (Å²) in [5, 5.41) is 13.9. The van der Waals surface area contributed by atoms with Crippen LogP contribution in [0.3, 0.4) is 0 Å². The molecule has 3 aromatic carbocycles. The highest BCUT2D eigenvalue weighted by molar-refractivity contribution is 8.00. The number of hydrogen-bond acceptors (Lipinski definition) is 8. The molecule has 6 rings (SSSR count). The lowest BCUT2D eigenvalue weighted by Crippen LogP contribution is -2.36. The topological polar surface area (TPSA) is 146 Å². The predicted molar refractivity (Wildman–Crippen MR) is 154 cm³/mol. The van der Waals surface area contributed by atoms with Crippen LogP contribution in [0.15, 0.2) is 70.5 Å². The molecule has 13 heteroatoms. The Morgan fingerprint density at radius 3 is 2.59 bits per heavy atom.